The van der Waals surface area contributed by atoms with Crippen molar-refractivity contribution in [2.75, 3.05) is 20.6 Å². The quantitative estimate of drug-likeness (QED) is 0.146. The molecule has 0 spiro atoms. The summed E-state index contributed by atoms with van der Waals surface area (Å²) in [6.45, 7) is 4.23. The molecule has 0 saturated carbocycles. The summed E-state index contributed by atoms with van der Waals surface area (Å²) in [7, 11) is 0.0624. The molecule has 1 rings (SSSR count). The van der Waals surface area contributed by atoms with Crippen molar-refractivity contribution in [3.8, 4) is 0 Å². The lowest BCUT2D eigenvalue weighted by Crippen LogP contribution is -2.39. The van der Waals surface area contributed by atoms with E-state index in [0.29, 0.717) is 0 Å². The van der Waals surface area contributed by atoms with E-state index in [1.165, 1.54) is 102 Å². The summed E-state index contributed by atoms with van der Waals surface area (Å²) < 4.78 is 34.0. The molecule has 0 aliphatic heterocycles. The maximum absolute atomic E-state index is 11.0. The first kappa shape index (κ1) is 27.1. The van der Waals surface area contributed by atoms with Crippen molar-refractivity contribution < 1.29 is 17.5 Å². The van der Waals surface area contributed by atoms with Gasteiger partial charge in [-0.2, -0.15) is 0 Å². The van der Waals surface area contributed by atoms with Gasteiger partial charge in [-0.1, -0.05) is 96.1 Å². The van der Waals surface area contributed by atoms with Gasteiger partial charge in [-0.3, -0.25) is 0 Å². The largest absolute Gasteiger partial charge is 0.744 e. The van der Waals surface area contributed by atoms with Crippen LogP contribution in [0.4, 0.5) is 0 Å². The van der Waals surface area contributed by atoms with Crippen LogP contribution in [0.5, 0.6) is 0 Å². The zero-order valence-electron chi connectivity index (χ0n) is 19.7. The standard InChI is InChI=1S/C25H45NO3S/c1-4-5-6-7-8-9-10-11-12-13-14-15-16-17-22-26(2,3)23-24-18-20-25(21-19-24)30(27,28)29/h18-21H,4-17,22-23H2,1-3H3. The first-order chi connectivity index (χ1) is 14.2. The fourth-order valence-corrected chi connectivity index (χ4v) is 4.54. The number of benzene rings is 1. The number of nitrogens with zero attached hydrogens (tertiary/aromatic N) is 1. The minimum Gasteiger partial charge on any atom is -0.744 e. The third-order valence-electron chi connectivity index (χ3n) is 5.94. The lowest BCUT2D eigenvalue weighted by atomic mass is 10.0. The fourth-order valence-electron chi connectivity index (χ4n) is 4.07. The van der Waals surface area contributed by atoms with Crippen molar-refractivity contribution in [3.05, 3.63) is 29.8 Å². The highest BCUT2D eigenvalue weighted by molar-refractivity contribution is 7.85. The highest BCUT2D eigenvalue weighted by Gasteiger charge is 2.15. The summed E-state index contributed by atoms with van der Waals surface area (Å²) in [6.07, 6.45) is 19.2. The molecule has 0 aliphatic carbocycles. The predicted octanol–water partition coefficient (Wildman–Crippen LogP) is 6.65. The molecule has 0 bridgehead atoms. The molecule has 174 valence electrons. The molecule has 0 heterocycles. The highest BCUT2D eigenvalue weighted by Crippen LogP contribution is 2.16. The summed E-state index contributed by atoms with van der Waals surface area (Å²) in [4.78, 5) is -0.150. The highest BCUT2D eigenvalue weighted by atomic mass is 32.2. The Labute approximate surface area is 186 Å². The van der Waals surface area contributed by atoms with Gasteiger partial charge in [0, 0.05) is 5.56 Å². The Bertz CT molecular complexity index is 653. The molecule has 5 heteroatoms. The Balaban J connectivity index is 2.04. The van der Waals surface area contributed by atoms with E-state index in [2.05, 4.69) is 21.0 Å². The number of quaternary nitrogens is 1. The second kappa shape index (κ2) is 15.0. The average Bonchev–Trinajstić information content (AvgIpc) is 2.67. The van der Waals surface area contributed by atoms with Crippen LogP contribution in [0, 0.1) is 0 Å². The molecule has 0 aromatic heterocycles. The Morgan fingerprint density at radius 1 is 0.700 bits per heavy atom. The van der Waals surface area contributed by atoms with Crippen LogP contribution in [-0.2, 0) is 16.7 Å². The average molecular weight is 440 g/mol. The van der Waals surface area contributed by atoms with Crippen LogP contribution in [0.15, 0.2) is 29.2 Å². The first-order valence-electron chi connectivity index (χ1n) is 12.1. The number of hydrogen-bond acceptors (Lipinski definition) is 3. The minimum absolute atomic E-state index is 0.150. The van der Waals surface area contributed by atoms with Crippen LogP contribution in [0.2, 0.25) is 0 Å². The summed E-state index contributed by atoms with van der Waals surface area (Å²) >= 11 is 0. The zero-order valence-corrected chi connectivity index (χ0v) is 20.5. The van der Waals surface area contributed by atoms with Gasteiger partial charge in [-0.25, -0.2) is 8.42 Å². The number of hydrogen-bond donors (Lipinski definition) is 0. The molecule has 0 N–H and O–H groups in total. The smallest absolute Gasteiger partial charge is 0.124 e. The Morgan fingerprint density at radius 2 is 1.10 bits per heavy atom. The molecule has 30 heavy (non-hydrogen) atoms. The molecule has 0 atom stereocenters. The van der Waals surface area contributed by atoms with Gasteiger partial charge in [0.25, 0.3) is 0 Å². The van der Waals surface area contributed by atoms with Crippen molar-refractivity contribution in [2.24, 2.45) is 0 Å². The van der Waals surface area contributed by atoms with Gasteiger partial charge in [0.1, 0.15) is 16.7 Å². The molecule has 0 saturated heterocycles. The maximum Gasteiger partial charge on any atom is 0.124 e. The van der Waals surface area contributed by atoms with Crippen molar-refractivity contribution in [1.82, 2.24) is 0 Å². The molecular formula is C25H45NO3S. The van der Waals surface area contributed by atoms with E-state index in [1.807, 2.05) is 0 Å². The second-order valence-corrected chi connectivity index (χ2v) is 10.9. The molecule has 0 amide bonds. The summed E-state index contributed by atoms with van der Waals surface area (Å²) in [6, 6.07) is 6.36. The van der Waals surface area contributed by atoms with Gasteiger partial charge in [0.2, 0.25) is 0 Å². The lowest BCUT2D eigenvalue weighted by Gasteiger charge is -2.30. The van der Waals surface area contributed by atoms with Gasteiger partial charge < -0.3 is 9.04 Å². The zero-order chi connectivity index (χ0) is 22.3. The molecule has 1 aromatic carbocycles. The molecule has 4 nitrogen and oxygen atoms in total. The van der Waals surface area contributed by atoms with Gasteiger partial charge in [0.05, 0.1) is 25.5 Å². The third-order valence-corrected chi connectivity index (χ3v) is 6.79. The van der Waals surface area contributed by atoms with Crippen molar-refractivity contribution in [3.63, 3.8) is 0 Å². The van der Waals surface area contributed by atoms with E-state index < -0.39 is 10.1 Å². The Morgan fingerprint density at radius 3 is 1.50 bits per heavy atom. The van der Waals surface area contributed by atoms with Crippen LogP contribution >= 0.6 is 0 Å². The number of rotatable bonds is 18. The van der Waals surface area contributed by atoms with E-state index >= 15 is 0 Å². The van der Waals surface area contributed by atoms with Gasteiger partial charge in [-0.15, -0.1) is 0 Å². The Hall–Kier alpha value is -0.910. The van der Waals surface area contributed by atoms with Crippen LogP contribution in [0.3, 0.4) is 0 Å². The van der Waals surface area contributed by atoms with Gasteiger partial charge >= 0.3 is 0 Å². The Kier molecular flexibility index (Phi) is 13.5. The van der Waals surface area contributed by atoms with Crippen LogP contribution < -0.4 is 0 Å². The van der Waals surface area contributed by atoms with Gasteiger partial charge in [0.15, 0.2) is 0 Å². The summed E-state index contributed by atoms with van der Waals surface area (Å²) in [5, 5.41) is 0. The van der Waals surface area contributed by atoms with Crippen molar-refractivity contribution in [2.45, 2.75) is 108 Å². The van der Waals surface area contributed by atoms with E-state index in [1.54, 1.807) is 12.1 Å². The predicted molar refractivity (Wildman–Crippen MR) is 125 cm³/mol. The third kappa shape index (κ3) is 13.4. The SMILES string of the molecule is CCCCCCCCCCCCCCCC[N+](C)(C)Cc1ccc(S(=O)(=O)[O-])cc1. The van der Waals surface area contributed by atoms with Gasteiger partial charge in [-0.05, 0) is 25.0 Å². The topological polar surface area (TPSA) is 57.2 Å². The van der Waals surface area contributed by atoms with E-state index in [9.17, 15) is 13.0 Å². The molecule has 0 unspecified atom stereocenters. The van der Waals surface area contributed by atoms with E-state index in [-0.39, 0.29) is 4.90 Å². The van der Waals surface area contributed by atoms with Crippen molar-refractivity contribution >= 4 is 10.1 Å². The molecule has 0 radical (unpaired) electrons. The lowest BCUT2D eigenvalue weighted by molar-refractivity contribution is -0.903. The monoisotopic (exact) mass is 439 g/mol. The molecule has 0 aliphatic rings. The van der Waals surface area contributed by atoms with E-state index in [4.69, 9.17) is 0 Å². The van der Waals surface area contributed by atoms with Crippen LogP contribution in [-0.4, -0.2) is 38.1 Å². The fraction of sp³-hybridized carbons (Fsp3) is 0.760. The molecule has 1 aromatic rings. The van der Waals surface area contributed by atoms with Crippen LogP contribution in [0.25, 0.3) is 0 Å². The maximum atomic E-state index is 11.0. The summed E-state index contributed by atoms with van der Waals surface area (Å²) in [5.74, 6) is 0. The molecular weight excluding hydrogens is 394 g/mol. The summed E-state index contributed by atoms with van der Waals surface area (Å²) in [5.41, 5.74) is 1.07. The van der Waals surface area contributed by atoms with Crippen molar-refractivity contribution in [1.29, 1.82) is 0 Å². The normalized spacial score (nSPS) is 12.4. The minimum atomic E-state index is -4.36. The van der Waals surface area contributed by atoms with Crippen LogP contribution in [0.1, 0.15) is 102 Å². The number of unbranched alkanes of at least 4 members (excludes halogenated alkanes) is 13. The molecule has 0 fully saturated rings. The second-order valence-electron chi connectivity index (χ2n) is 9.51. The van der Waals surface area contributed by atoms with E-state index in [0.717, 1.165) is 23.1 Å². The first-order valence-corrected chi connectivity index (χ1v) is 13.5.